The molecule has 0 aliphatic carbocycles. The van der Waals surface area contributed by atoms with Gasteiger partial charge in [0.1, 0.15) is 22.5 Å². The van der Waals surface area contributed by atoms with E-state index < -0.39 is 0 Å². The van der Waals surface area contributed by atoms with E-state index in [1.54, 1.807) is 17.5 Å². The lowest BCUT2D eigenvalue weighted by Crippen LogP contribution is -2.08. The summed E-state index contributed by atoms with van der Waals surface area (Å²) >= 11 is 7.65. The molecule has 110 valence electrons. The predicted octanol–water partition coefficient (Wildman–Crippen LogP) is 4.38. The number of anilines is 1. The van der Waals surface area contributed by atoms with Crippen molar-refractivity contribution in [3.63, 3.8) is 0 Å². The molecule has 0 aliphatic heterocycles. The summed E-state index contributed by atoms with van der Waals surface area (Å²) in [5.74, 6) is 2.12. The zero-order chi connectivity index (χ0) is 15.0. The molecule has 0 radical (unpaired) electrons. The van der Waals surface area contributed by atoms with Crippen LogP contribution in [0.5, 0.6) is 0 Å². The Bertz CT molecular complexity index is 782. The Kier molecular flexibility index (Phi) is 3.82. The van der Waals surface area contributed by atoms with Gasteiger partial charge in [-0.05, 0) is 37.9 Å². The van der Waals surface area contributed by atoms with Gasteiger partial charge in [-0.1, -0.05) is 6.92 Å². The monoisotopic (exact) mass is 322 g/mol. The highest BCUT2D eigenvalue weighted by Gasteiger charge is 2.16. The van der Waals surface area contributed by atoms with Crippen molar-refractivity contribution in [2.24, 2.45) is 0 Å². The molecule has 0 aromatic carbocycles. The average Bonchev–Trinajstić information content (AvgIpc) is 3.04. The summed E-state index contributed by atoms with van der Waals surface area (Å²) < 4.78 is 5.54. The summed E-state index contributed by atoms with van der Waals surface area (Å²) in [5.41, 5.74) is 0. The molecule has 0 saturated carbocycles. The molecule has 3 heterocycles. The van der Waals surface area contributed by atoms with Crippen LogP contribution in [0.15, 0.2) is 16.7 Å². The van der Waals surface area contributed by atoms with Gasteiger partial charge in [0.25, 0.3) is 0 Å². The Hall–Kier alpha value is -1.66. The van der Waals surface area contributed by atoms with Crippen LogP contribution < -0.4 is 5.32 Å². The lowest BCUT2D eigenvalue weighted by molar-refractivity contribution is 0.453. The first-order valence-electron chi connectivity index (χ1n) is 6.71. The van der Waals surface area contributed by atoms with Crippen molar-refractivity contribution in [3.8, 4) is 0 Å². The van der Waals surface area contributed by atoms with Crippen molar-refractivity contribution in [2.75, 3.05) is 5.32 Å². The predicted molar refractivity (Wildman–Crippen MR) is 85.1 cm³/mol. The molecular formula is C14H15ClN4OS. The Balaban J connectivity index is 1.97. The molecule has 21 heavy (non-hydrogen) atoms. The molecular weight excluding hydrogens is 308 g/mol. The van der Waals surface area contributed by atoms with Gasteiger partial charge >= 0.3 is 0 Å². The third-order valence-electron chi connectivity index (χ3n) is 3.13. The molecule has 7 heteroatoms. The highest BCUT2D eigenvalue weighted by atomic mass is 35.5. The normalized spacial score (nSPS) is 12.8. The van der Waals surface area contributed by atoms with Crippen molar-refractivity contribution in [1.29, 1.82) is 0 Å². The summed E-state index contributed by atoms with van der Waals surface area (Å²) in [6.07, 6.45) is 2.67. The second-order valence-corrected chi connectivity index (χ2v) is 6.25. The largest absolute Gasteiger partial charge is 0.444 e. The number of hydrogen-bond donors (Lipinski definition) is 1. The smallest absolute Gasteiger partial charge is 0.225 e. The fourth-order valence-electron chi connectivity index (χ4n) is 2.07. The molecule has 3 aromatic heterocycles. The number of aryl methyl sites for hydroxylation is 2. The van der Waals surface area contributed by atoms with Crippen LogP contribution >= 0.6 is 22.9 Å². The van der Waals surface area contributed by atoms with Crippen LogP contribution in [0.2, 0.25) is 5.28 Å². The van der Waals surface area contributed by atoms with E-state index in [4.69, 9.17) is 16.0 Å². The van der Waals surface area contributed by atoms with Crippen LogP contribution in [0, 0.1) is 6.92 Å². The fraction of sp³-hybridized carbons (Fsp3) is 0.357. The summed E-state index contributed by atoms with van der Waals surface area (Å²) in [6.45, 7) is 5.96. The van der Waals surface area contributed by atoms with Crippen molar-refractivity contribution < 1.29 is 4.42 Å². The van der Waals surface area contributed by atoms with Gasteiger partial charge in [0.05, 0.1) is 11.6 Å². The third-order valence-corrected chi connectivity index (χ3v) is 4.47. The molecule has 1 atom stereocenters. The third kappa shape index (κ3) is 2.87. The van der Waals surface area contributed by atoms with E-state index in [1.165, 1.54) is 4.88 Å². The Labute approximate surface area is 131 Å². The highest BCUT2D eigenvalue weighted by Crippen LogP contribution is 2.32. The fourth-order valence-corrected chi connectivity index (χ4v) is 3.26. The average molecular weight is 323 g/mol. The number of fused-ring (bicyclic) bond motifs is 1. The van der Waals surface area contributed by atoms with Gasteiger partial charge in [0, 0.05) is 4.88 Å². The molecule has 0 fully saturated rings. The molecule has 0 amide bonds. The maximum atomic E-state index is 6.02. The van der Waals surface area contributed by atoms with Crippen LogP contribution in [0.1, 0.15) is 36.4 Å². The molecule has 0 bridgehead atoms. The highest BCUT2D eigenvalue weighted by molar-refractivity contribution is 7.18. The quantitative estimate of drug-likeness (QED) is 0.722. The Morgan fingerprint density at radius 1 is 1.43 bits per heavy atom. The van der Waals surface area contributed by atoms with Gasteiger partial charge in [-0.2, -0.15) is 0 Å². The molecule has 0 saturated heterocycles. The number of halogens is 1. The molecule has 5 nitrogen and oxygen atoms in total. The molecule has 1 unspecified atom stereocenters. The van der Waals surface area contributed by atoms with Crippen molar-refractivity contribution >= 4 is 39.0 Å². The van der Waals surface area contributed by atoms with E-state index in [-0.39, 0.29) is 11.3 Å². The summed E-state index contributed by atoms with van der Waals surface area (Å²) in [7, 11) is 0. The number of aromatic nitrogens is 3. The van der Waals surface area contributed by atoms with E-state index in [1.807, 2.05) is 13.8 Å². The number of rotatable bonds is 4. The molecule has 3 rings (SSSR count). The second kappa shape index (κ2) is 5.61. The Morgan fingerprint density at radius 2 is 2.24 bits per heavy atom. The minimum atomic E-state index is -0.0992. The summed E-state index contributed by atoms with van der Waals surface area (Å²) in [5, 5.41) is 4.53. The van der Waals surface area contributed by atoms with Crippen molar-refractivity contribution in [3.05, 3.63) is 34.1 Å². The standard InChI is InChI=1S/C14H15ClN4OS/c1-4-9-5-10-11(18-14(15)19-13(10)21-9)17-8(3)12-16-6-7(2)20-12/h5-6,8H,4H2,1-3H3,(H,17,18,19). The number of nitrogens with zero attached hydrogens (tertiary/aromatic N) is 3. The zero-order valence-corrected chi connectivity index (χ0v) is 13.5. The van der Waals surface area contributed by atoms with Crippen LogP contribution in [-0.4, -0.2) is 15.0 Å². The van der Waals surface area contributed by atoms with E-state index in [0.29, 0.717) is 11.7 Å². The second-order valence-electron chi connectivity index (χ2n) is 4.80. The number of nitrogens with one attached hydrogen (secondary N) is 1. The zero-order valence-electron chi connectivity index (χ0n) is 12.0. The van der Waals surface area contributed by atoms with Crippen LogP contribution in [-0.2, 0) is 6.42 Å². The van der Waals surface area contributed by atoms with Crippen LogP contribution in [0.4, 0.5) is 5.82 Å². The summed E-state index contributed by atoms with van der Waals surface area (Å²) in [6, 6.07) is 2.00. The minimum Gasteiger partial charge on any atom is -0.444 e. The van der Waals surface area contributed by atoms with Gasteiger partial charge in [0.2, 0.25) is 11.2 Å². The van der Waals surface area contributed by atoms with Crippen molar-refractivity contribution in [2.45, 2.75) is 33.2 Å². The van der Waals surface area contributed by atoms with Gasteiger partial charge in [-0.25, -0.2) is 15.0 Å². The van der Waals surface area contributed by atoms with E-state index >= 15 is 0 Å². The minimum absolute atomic E-state index is 0.0992. The first kappa shape index (κ1) is 14.3. The lowest BCUT2D eigenvalue weighted by atomic mass is 10.3. The van der Waals surface area contributed by atoms with E-state index in [2.05, 4.69) is 33.3 Å². The first-order chi connectivity index (χ1) is 10.1. The molecule has 0 spiro atoms. The Morgan fingerprint density at radius 3 is 2.90 bits per heavy atom. The van der Waals surface area contributed by atoms with Gasteiger partial charge in [-0.3, -0.25) is 0 Å². The number of oxazole rings is 1. The van der Waals surface area contributed by atoms with Crippen LogP contribution in [0.25, 0.3) is 10.2 Å². The SMILES string of the molecule is CCc1cc2c(NC(C)c3ncc(C)o3)nc(Cl)nc2s1. The maximum absolute atomic E-state index is 6.02. The molecule has 3 aromatic rings. The van der Waals surface area contributed by atoms with Gasteiger partial charge < -0.3 is 9.73 Å². The number of thiophene rings is 1. The topological polar surface area (TPSA) is 63.8 Å². The summed E-state index contributed by atoms with van der Waals surface area (Å²) in [4.78, 5) is 15.0. The van der Waals surface area contributed by atoms with Crippen LogP contribution in [0.3, 0.4) is 0 Å². The van der Waals surface area contributed by atoms with Crippen molar-refractivity contribution in [1.82, 2.24) is 15.0 Å². The van der Waals surface area contributed by atoms with E-state index in [0.717, 1.165) is 22.4 Å². The lowest BCUT2D eigenvalue weighted by Gasteiger charge is -2.11. The van der Waals surface area contributed by atoms with Gasteiger partial charge in [-0.15, -0.1) is 11.3 Å². The molecule has 1 N–H and O–H groups in total. The maximum Gasteiger partial charge on any atom is 0.225 e. The van der Waals surface area contributed by atoms with E-state index in [9.17, 15) is 0 Å². The molecule has 0 aliphatic rings. The van der Waals surface area contributed by atoms with Gasteiger partial charge in [0.15, 0.2) is 0 Å². The number of hydrogen-bond acceptors (Lipinski definition) is 6. The first-order valence-corrected chi connectivity index (χ1v) is 7.91.